The van der Waals surface area contributed by atoms with Crippen molar-refractivity contribution in [2.75, 3.05) is 13.2 Å². The van der Waals surface area contributed by atoms with Crippen molar-refractivity contribution in [3.63, 3.8) is 0 Å². The third-order valence-electron chi connectivity index (χ3n) is 4.15. The van der Waals surface area contributed by atoms with Gasteiger partial charge in [0.2, 0.25) is 0 Å². The standard InChI is InChI=1S/C19H42O2Si/c1-5-7-9-10-11-12-13-14-15-17-19-21-22(3,4)20-18-16-8-6-2/h5-19H2,1-4H3. The zero-order valence-electron chi connectivity index (χ0n) is 15.9. The zero-order chi connectivity index (χ0) is 16.5. The Morgan fingerprint density at radius 1 is 0.500 bits per heavy atom. The Hall–Kier alpha value is 0.137. The maximum atomic E-state index is 6.00. The fourth-order valence-corrected chi connectivity index (χ4v) is 3.97. The molecule has 0 amide bonds. The average Bonchev–Trinajstić information content (AvgIpc) is 2.49. The zero-order valence-corrected chi connectivity index (χ0v) is 16.9. The molecule has 3 heteroatoms. The molecule has 2 nitrogen and oxygen atoms in total. The fraction of sp³-hybridized carbons (Fsp3) is 1.00. The minimum Gasteiger partial charge on any atom is -0.395 e. The maximum Gasteiger partial charge on any atom is 0.331 e. The molecule has 0 atom stereocenters. The van der Waals surface area contributed by atoms with Gasteiger partial charge in [0.15, 0.2) is 0 Å². The molecule has 0 aliphatic carbocycles. The summed E-state index contributed by atoms with van der Waals surface area (Å²) in [5.41, 5.74) is 0. The summed E-state index contributed by atoms with van der Waals surface area (Å²) in [5, 5.41) is 0. The summed E-state index contributed by atoms with van der Waals surface area (Å²) < 4.78 is 11.9. The van der Waals surface area contributed by atoms with Crippen molar-refractivity contribution in [3.05, 3.63) is 0 Å². The van der Waals surface area contributed by atoms with Gasteiger partial charge in [-0.25, -0.2) is 0 Å². The van der Waals surface area contributed by atoms with E-state index in [9.17, 15) is 0 Å². The van der Waals surface area contributed by atoms with Gasteiger partial charge in [0.1, 0.15) is 0 Å². The SMILES string of the molecule is CCCCCCCCCCCCO[Si](C)(C)OCCCCC. The van der Waals surface area contributed by atoms with Crippen LogP contribution >= 0.6 is 0 Å². The topological polar surface area (TPSA) is 18.5 Å². The minimum absolute atomic E-state index is 0.880. The molecule has 0 aromatic heterocycles. The second-order valence-electron chi connectivity index (χ2n) is 6.99. The van der Waals surface area contributed by atoms with Crippen molar-refractivity contribution in [1.29, 1.82) is 0 Å². The van der Waals surface area contributed by atoms with Gasteiger partial charge in [-0.1, -0.05) is 84.5 Å². The molecule has 0 fully saturated rings. The van der Waals surface area contributed by atoms with Crippen LogP contribution < -0.4 is 0 Å². The first-order valence-corrected chi connectivity index (χ1v) is 12.7. The third kappa shape index (κ3) is 16.5. The Morgan fingerprint density at radius 3 is 1.27 bits per heavy atom. The van der Waals surface area contributed by atoms with Gasteiger partial charge in [-0.2, -0.15) is 0 Å². The summed E-state index contributed by atoms with van der Waals surface area (Å²) in [5.74, 6) is 0. The Balaban J connectivity index is 3.26. The molecule has 0 heterocycles. The van der Waals surface area contributed by atoms with E-state index in [0.29, 0.717) is 0 Å². The molecule has 22 heavy (non-hydrogen) atoms. The van der Waals surface area contributed by atoms with Crippen LogP contribution in [-0.4, -0.2) is 21.8 Å². The number of hydrogen-bond donors (Lipinski definition) is 0. The first-order chi connectivity index (χ1) is 10.6. The molecule has 0 aliphatic rings. The predicted molar refractivity (Wildman–Crippen MR) is 101 cm³/mol. The molecule has 0 saturated heterocycles. The Kier molecular flexibility index (Phi) is 16.1. The van der Waals surface area contributed by atoms with Crippen LogP contribution in [0.5, 0.6) is 0 Å². The van der Waals surface area contributed by atoms with Crippen molar-refractivity contribution in [1.82, 2.24) is 0 Å². The van der Waals surface area contributed by atoms with Crippen LogP contribution in [0.1, 0.15) is 97.3 Å². The number of hydrogen-bond acceptors (Lipinski definition) is 2. The van der Waals surface area contributed by atoms with Crippen molar-refractivity contribution < 1.29 is 8.85 Å². The lowest BCUT2D eigenvalue weighted by Crippen LogP contribution is -2.35. The minimum atomic E-state index is -1.85. The van der Waals surface area contributed by atoms with Gasteiger partial charge < -0.3 is 8.85 Å². The fourth-order valence-electron chi connectivity index (χ4n) is 2.62. The van der Waals surface area contributed by atoms with E-state index in [2.05, 4.69) is 26.9 Å². The first kappa shape index (κ1) is 22.1. The summed E-state index contributed by atoms with van der Waals surface area (Å²) in [6.07, 6.45) is 17.5. The van der Waals surface area contributed by atoms with Crippen molar-refractivity contribution in [2.24, 2.45) is 0 Å². The second kappa shape index (κ2) is 16.0. The quantitative estimate of drug-likeness (QED) is 0.215. The van der Waals surface area contributed by atoms with Crippen molar-refractivity contribution in [2.45, 2.75) is 110 Å². The largest absolute Gasteiger partial charge is 0.395 e. The van der Waals surface area contributed by atoms with Crippen molar-refractivity contribution >= 4 is 8.56 Å². The highest BCUT2D eigenvalue weighted by molar-refractivity contribution is 6.64. The molecule has 0 aromatic carbocycles. The Labute approximate surface area is 141 Å². The third-order valence-corrected chi connectivity index (χ3v) is 5.94. The highest BCUT2D eigenvalue weighted by Crippen LogP contribution is 2.12. The average molecular weight is 331 g/mol. The molecular formula is C19H42O2Si. The molecule has 134 valence electrons. The van der Waals surface area contributed by atoms with Crippen LogP contribution in [0.3, 0.4) is 0 Å². The molecule has 0 rings (SSSR count). The monoisotopic (exact) mass is 330 g/mol. The molecule has 0 saturated carbocycles. The van der Waals surface area contributed by atoms with Gasteiger partial charge in [0.05, 0.1) is 0 Å². The van der Waals surface area contributed by atoms with Gasteiger partial charge in [-0.3, -0.25) is 0 Å². The van der Waals surface area contributed by atoms with Gasteiger partial charge in [0, 0.05) is 13.2 Å². The van der Waals surface area contributed by atoms with E-state index in [1.54, 1.807) is 0 Å². The highest BCUT2D eigenvalue weighted by Gasteiger charge is 2.23. The molecule has 0 N–H and O–H groups in total. The molecule has 0 spiro atoms. The lowest BCUT2D eigenvalue weighted by atomic mass is 10.1. The van der Waals surface area contributed by atoms with Crippen LogP contribution in [0.2, 0.25) is 13.1 Å². The summed E-state index contributed by atoms with van der Waals surface area (Å²) in [6, 6.07) is 0. The molecule has 0 aromatic rings. The van der Waals surface area contributed by atoms with Crippen LogP contribution in [0.25, 0.3) is 0 Å². The molecule has 0 unspecified atom stereocenters. The maximum absolute atomic E-state index is 6.00. The van der Waals surface area contributed by atoms with Gasteiger partial charge in [-0.15, -0.1) is 0 Å². The second-order valence-corrected chi connectivity index (χ2v) is 10.4. The van der Waals surface area contributed by atoms with E-state index in [1.165, 1.54) is 83.5 Å². The summed E-state index contributed by atoms with van der Waals surface area (Å²) in [6.45, 7) is 10.6. The van der Waals surface area contributed by atoms with E-state index >= 15 is 0 Å². The van der Waals surface area contributed by atoms with E-state index in [-0.39, 0.29) is 0 Å². The Morgan fingerprint density at radius 2 is 0.818 bits per heavy atom. The first-order valence-electron chi connectivity index (χ1n) is 9.90. The van der Waals surface area contributed by atoms with Crippen molar-refractivity contribution in [3.8, 4) is 0 Å². The number of unbranched alkanes of at least 4 members (excludes halogenated alkanes) is 11. The Bertz CT molecular complexity index is 219. The van der Waals surface area contributed by atoms with Crippen LogP contribution in [-0.2, 0) is 8.85 Å². The van der Waals surface area contributed by atoms with Gasteiger partial charge >= 0.3 is 8.56 Å². The smallest absolute Gasteiger partial charge is 0.331 e. The van der Waals surface area contributed by atoms with Gasteiger partial charge in [-0.05, 0) is 25.9 Å². The normalized spacial score (nSPS) is 12.0. The van der Waals surface area contributed by atoms with E-state index < -0.39 is 8.56 Å². The molecule has 0 bridgehead atoms. The predicted octanol–water partition coefficient (Wildman–Crippen LogP) is 6.83. The lowest BCUT2D eigenvalue weighted by Gasteiger charge is -2.22. The summed E-state index contributed by atoms with van der Waals surface area (Å²) in [7, 11) is -1.85. The highest BCUT2D eigenvalue weighted by atomic mass is 28.4. The van der Waals surface area contributed by atoms with Crippen LogP contribution in [0, 0.1) is 0 Å². The van der Waals surface area contributed by atoms with Crippen LogP contribution in [0.15, 0.2) is 0 Å². The lowest BCUT2D eigenvalue weighted by molar-refractivity contribution is 0.173. The van der Waals surface area contributed by atoms with Gasteiger partial charge in [0.25, 0.3) is 0 Å². The van der Waals surface area contributed by atoms with E-state index in [4.69, 9.17) is 8.85 Å². The molecular weight excluding hydrogens is 288 g/mol. The van der Waals surface area contributed by atoms with Crippen LogP contribution in [0.4, 0.5) is 0 Å². The van der Waals surface area contributed by atoms with E-state index in [0.717, 1.165) is 13.2 Å². The molecule has 0 aliphatic heterocycles. The van der Waals surface area contributed by atoms with E-state index in [1.807, 2.05) is 0 Å². The summed E-state index contributed by atoms with van der Waals surface area (Å²) >= 11 is 0. The summed E-state index contributed by atoms with van der Waals surface area (Å²) in [4.78, 5) is 0. The number of rotatable bonds is 17. The molecule has 0 radical (unpaired) electrons.